The first kappa shape index (κ1) is 18.4. The normalized spacial score (nSPS) is 15.3. The Kier molecular flexibility index (Phi) is 5.88. The molecular weight excluding hydrogens is 337 g/mol. The number of rotatable bonds is 6. The quantitative estimate of drug-likeness (QED) is 0.794. The van der Waals surface area contributed by atoms with Crippen LogP contribution in [0.1, 0.15) is 30.4 Å². The number of aryl methyl sites for hydroxylation is 1. The molecule has 1 aromatic carbocycles. The lowest BCUT2D eigenvalue weighted by molar-refractivity contribution is -0.134. The summed E-state index contributed by atoms with van der Waals surface area (Å²) in [7, 11) is 1.66. The van der Waals surface area contributed by atoms with Gasteiger partial charge in [-0.1, -0.05) is 0 Å². The van der Waals surface area contributed by atoms with Gasteiger partial charge in [-0.2, -0.15) is 0 Å². The monoisotopic (exact) mass is 361 g/mol. The van der Waals surface area contributed by atoms with E-state index in [1.807, 2.05) is 18.0 Å². The van der Waals surface area contributed by atoms with Crippen molar-refractivity contribution in [3.63, 3.8) is 0 Å². The van der Waals surface area contributed by atoms with Gasteiger partial charge < -0.3 is 18.9 Å². The lowest BCUT2D eigenvalue weighted by Crippen LogP contribution is -2.41. The van der Waals surface area contributed by atoms with E-state index >= 15 is 0 Å². The molecule has 0 saturated carbocycles. The SMILES string of the molecule is COCc1ncc(C)n1C1CCN(C(=O)COc2ccc(F)cc2)CC1. The average molecular weight is 361 g/mol. The van der Waals surface area contributed by atoms with Gasteiger partial charge in [-0.25, -0.2) is 9.37 Å². The van der Waals surface area contributed by atoms with Gasteiger partial charge >= 0.3 is 0 Å². The highest BCUT2D eigenvalue weighted by Crippen LogP contribution is 2.26. The van der Waals surface area contributed by atoms with Crippen molar-refractivity contribution in [3.05, 3.63) is 47.8 Å². The number of likely N-dealkylation sites (tertiary alicyclic amines) is 1. The van der Waals surface area contributed by atoms with Crippen LogP contribution < -0.4 is 4.74 Å². The van der Waals surface area contributed by atoms with E-state index in [4.69, 9.17) is 9.47 Å². The first-order valence-corrected chi connectivity index (χ1v) is 8.76. The standard InChI is InChI=1S/C19H24FN3O3/c1-14-11-21-18(12-25-2)23(14)16-7-9-22(10-8-16)19(24)13-26-17-5-3-15(20)4-6-17/h3-6,11,16H,7-10,12-13H2,1-2H3. The van der Waals surface area contributed by atoms with Crippen molar-refractivity contribution < 1.29 is 18.7 Å². The molecule has 7 heteroatoms. The summed E-state index contributed by atoms with van der Waals surface area (Å²) in [6, 6.07) is 6.00. The van der Waals surface area contributed by atoms with Gasteiger partial charge in [0.25, 0.3) is 5.91 Å². The van der Waals surface area contributed by atoms with Crippen LogP contribution in [-0.2, 0) is 16.1 Å². The molecule has 2 aromatic rings. The molecule has 1 aromatic heterocycles. The molecule has 26 heavy (non-hydrogen) atoms. The Balaban J connectivity index is 1.52. The maximum Gasteiger partial charge on any atom is 0.260 e. The number of methoxy groups -OCH3 is 1. The number of piperidine rings is 1. The molecule has 0 atom stereocenters. The molecule has 0 unspecified atom stereocenters. The topological polar surface area (TPSA) is 56.6 Å². The van der Waals surface area contributed by atoms with E-state index in [9.17, 15) is 9.18 Å². The highest BCUT2D eigenvalue weighted by Gasteiger charge is 2.26. The Morgan fingerprint density at radius 2 is 1.96 bits per heavy atom. The molecule has 1 amide bonds. The van der Waals surface area contributed by atoms with Crippen molar-refractivity contribution in [2.45, 2.75) is 32.4 Å². The van der Waals surface area contributed by atoms with Gasteiger partial charge in [0.2, 0.25) is 0 Å². The third-order valence-corrected chi connectivity index (χ3v) is 4.69. The van der Waals surface area contributed by atoms with Crippen LogP contribution in [0.25, 0.3) is 0 Å². The molecule has 0 bridgehead atoms. The number of nitrogens with zero attached hydrogens (tertiary/aromatic N) is 3. The van der Waals surface area contributed by atoms with Crippen molar-refractivity contribution in [2.75, 3.05) is 26.8 Å². The van der Waals surface area contributed by atoms with Gasteiger partial charge in [-0.15, -0.1) is 0 Å². The minimum absolute atomic E-state index is 0.0324. The second-order valence-corrected chi connectivity index (χ2v) is 6.47. The summed E-state index contributed by atoms with van der Waals surface area (Å²) in [6.07, 6.45) is 3.61. The number of carbonyl (C=O) groups excluding carboxylic acids is 1. The fourth-order valence-electron chi connectivity index (χ4n) is 3.37. The summed E-state index contributed by atoms with van der Waals surface area (Å²) in [4.78, 5) is 18.6. The van der Waals surface area contributed by atoms with Gasteiger partial charge in [0, 0.05) is 38.1 Å². The smallest absolute Gasteiger partial charge is 0.260 e. The van der Waals surface area contributed by atoms with E-state index in [1.54, 1.807) is 7.11 Å². The zero-order chi connectivity index (χ0) is 18.5. The Morgan fingerprint density at radius 3 is 2.62 bits per heavy atom. The minimum atomic E-state index is -0.326. The van der Waals surface area contributed by atoms with Crippen molar-refractivity contribution in [1.82, 2.24) is 14.5 Å². The van der Waals surface area contributed by atoms with Crippen LogP contribution in [0.2, 0.25) is 0 Å². The Hall–Kier alpha value is -2.41. The summed E-state index contributed by atoms with van der Waals surface area (Å²) in [5.74, 6) is 1.04. The second-order valence-electron chi connectivity index (χ2n) is 6.47. The molecule has 1 saturated heterocycles. The van der Waals surface area contributed by atoms with Crippen LogP contribution in [-0.4, -0.2) is 47.2 Å². The fourth-order valence-corrected chi connectivity index (χ4v) is 3.37. The Labute approximate surface area is 152 Å². The van der Waals surface area contributed by atoms with Gasteiger partial charge in [0.05, 0.1) is 0 Å². The van der Waals surface area contributed by atoms with Gasteiger partial charge in [-0.3, -0.25) is 4.79 Å². The molecule has 6 nitrogen and oxygen atoms in total. The van der Waals surface area contributed by atoms with E-state index < -0.39 is 0 Å². The van der Waals surface area contributed by atoms with Gasteiger partial charge in [0.15, 0.2) is 6.61 Å². The van der Waals surface area contributed by atoms with Crippen molar-refractivity contribution in [3.8, 4) is 5.75 Å². The first-order valence-electron chi connectivity index (χ1n) is 8.76. The van der Waals surface area contributed by atoms with Crippen LogP contribution in [0.3, 0.4) is 0 Å². The van der Waals surface area contributed by atoms with Crippen molar-refractivity contribution >= 4 is 5.91 Å². The predicted molar refractivity (Wildman–Crippen MR) is 94.4 cm³/mol. The fraction of sp³-hybridized carbons (Fsp3) is 0.474. The maximum atomic E-state index is 12.9. The number of aromatic nitrogens is 2. The lowest BCUT2D eigenvalue weighted by atomic mass is 10.0. The molecule has 0 aliphatic carbocycles. The summed E-state index contributed by atoms with van der Waals surface area (Å²) < 4.78 is 25.8. The zero-order valence-electron chi connectivity index (χ0n) is 15.2. The number of ether oxygens (including phenoxy) is 2. The third kappa shape index (κ3) is 4.22. The molecule has 1 aliphatic rings. The number of benzene rings is 1. The summed E-state index contributed by atoms with van der Waals surface area (Å²) in [6.45, 7) is 3.86. The molecule has 1 fully saturated rings. The van der Waals surface area contributed by atoms with Crippen LogP contribution in [0.5, 0.6) is 5.75 Å². The average Bonchev–Trinajstić information content (AvgIpc) is 3.02. The summed E-state index contributed by atoms with van der Waals surface area (Å²) >= 11 is 0. The van der Waals surface area contributed by atoms with Crippen LogP contribution in [0.4, 0.5) is 4.39 Å². The van der Waals surface area contributed by atoms with Crippen molar-refractivity contribution in [2.24, 2.45) is 0 Å². The molecule has 2 heterocycles. The summed E-state index contributed by atoms with van der Waals surface area (Å²) in [5, 5.41) is 0. The van der Waals surface area contributed by atoms with Gasteiger partial charge in [-0.05, 0) is 44.0 Å². The van der Waals surface area contributed by atoms with E-state index in [0.29, 0.717) is 31.5 Å². The Morgan fingerprint density at radius 1 is 1.27 bits per heavy atom. The highest BCUT2D eigenvalue weighted by atomic mass is 19.1. The molecule has 0 spiro atoms. The minimum Gasteiger partial charge on any atom is -0.484 e. The van der Waals surface area contributed by atoms with Crippen LogP contribution in [0.15, 0.2) is 30.5 Å². The molecule has 0 N–H and O–H groups in total. The van der Waals surface area contributed by atoms with E-state index in [1.165, 1.54) is 24.3 Å². The van der Waals surface area contributed by atoms with E-state index in [-0.39, 0.29) is 18.3 Å². The summed E-state index contributed by atoms with van der Waals surface area (Å²) in [5.41, 5.74) is 1.11. The lowest BCUT2D eigenvalue weighted by Gasteiger charge is -2.33. The molecule has 140 valence electrons. The van der Waals surface area contributed by atoms with Crippen LogP contribution >= 0.6 is 0 Å². The zero-order valence-corrected chi connectivity index (χ0v) is 15.2. The van der Waals surface area contributed by atoms with E-state index in [0.717, 1.165) is 24.4 Å². The Bertz CT molecular complexity index is 737. The number of hydrogen-bond acceptors (Lipinski definition) is 4. The largest absolute Gasteiger partial charge is 0.484 e. The van der Waals surface area contributed by atoms with Gasteiger partial charge in [0.1, 0.15) is 24.0 Å². The molecule has 1 aliphatic heterocycles. The van der Waals surface area contributed by atoms with Crippen molar-refractivity contribution in [1.29, 1.82) is 0 Å². The number of hydrogen-bond donors (Lipinski definition) is 0. The predicted octanol–water partition coefficient (Wildman–Crippen LogP) is 2.72. The second kappa shape index (κ2) is 8.31. The number of halogens is 1. The maximum absolute atomic E-state index is 12.9. The third-order valence-electron chi connectivity index (χ3n) is 4.69. The molecule has 3 rings (SSSR count). The number of carbonyl (C=O) groups is 1. The van der Waals surface area contributed by atoms with E-state index in [2.05, 4.69) is 9.55 Å². The molecular formula is C19H24FN3O3. The van der Waals surface area contributed by atoms with Crippen LogP contribution in [0, 0.1) is 12.7 Å². The number of amides is 1. The first-order chi connectivity index (χ1) is 12.6. The highest BCUT2D eigenvalue weighted by molar-refractivity contribution is 5.77. The molecule has 0 radical (unpaired) electrons. The number of imidazole rings is 1.